The van der Waals surface area contributed by atoms with Gasteiger partial charge in [0.2, 0.25) is 5.91 Å². The van der Waals surface area contributed by atoms with Gasteiger partial charge < -0.3 is 10.6 Å². The van der Waals surface area contributed by atoms with Gasteiger partial charge in [-0.1, -0.05) is 42.6 Å². The molecule has 0 bridgehead atoms. The third-order valence-electron chi connectivity index (χ3n) is 4.56. The maximum absolute atomic E-state index is 12.9. The van der Waals surface area contributed by atoms with Crippen LogP contribution in [0.4, 0.5) is 0 Å². The molecule has 1 aliphatic carbocycles. The van der Waals surface area contributed by atoms with Gasteiger partial charge in [0, 0.05) is 23.7 Å². The molecule has 2 atom stereocenters. The van der Waals surface area contributed by atoms with Gasteiger partial charge >= 0.3 is 0 Å². The Hall–Kier alpha value is -0.770. The first-order chi connectivity index (χ1) is 9.95. The molecule has 0 saturated heterocycles. The molecule has 0 heterocycles. The smallest absolute Gasteiger partial charge is 0.227 e. The minimum absolute atomic E-state index is 0. The lowest BCUT2D eigenvalue weighted by Crippen LogP contribution is -2.53. The largest absolute Gasteiger partial charge is 0.338 e. The number of carbonyl (C=O) groups excluding carboxylic acids is 1. The number of nitrogens with zero attached hydrogens (tertiary/aromatic N) is 1. The van der Waals surface area contributed by atoms with Crippen molar-refractivity contribution < 1.29 is 4.79 Å². The first kappa shape index (κ1) is 19.3. The molecule has 1 amide bonds. The highest BCUT2D eigenvalue weighted by Gasteiger charge is 2.39. The van der Waals surface area contributed by atoms with E-state index in [1.165, 1.54) is 0 Å². The lowest BCUT2D eigenvalue weighted by molar-refractivity contribution is -0.139. The van der Waals surface area contributed by atoms with Crippen LogP contribution in [-0.2, 0) is 11.3 Å². The summed E-state index contributed by atoms with van der Waals surface area (Å²) in [7, 11) is 0. The molecule has 5 heteroatoms. The van der Waals surface area contributed by atoms with Crippen LogP contribution in [0.5, 0.6) is 0 Å². The summed E-state index contributed by atoms with van der Waals surface area (Å²) in [6, 6.07) is 7.69. The van der Waals surface area contributed by atoms with E-state index in [-0.39, 0.29) is 29.8 Å². The van der Waals surface area contributed by atoms with Crippen LogP contribution < -0.4 is 5.73 Å². The zero-order chi connectivity index (χ0) is 15.5. The molecule has 1 saturated carbocycles. The Bertz CT molecular complexity index is 505. The minimum atomic E-state index is -0.386. The van der Waals surface area contributed by atoms with Crippen molar-refractivity contribution >= 4 is 29.9 Å². The fourth-order valence-corrected chi connectivity index (χ4v) is 3.36. The van der Waals surface area contributed by atoms with Crippen molar-refractivity contribution in [3.05, 3.63) is 34.9 Å². The predicted molar refractivity (Wildman–Crippen MR) is 94.3 cm³/mol. The molecular formula is C17H26Cl2N2O. The van der Waals surface area contributed by atoms with Gasteiger partial charge in [-0.15, -0.1) is 12.4 Å². The second-order valence-corrected chi connectivity index (χ2v) is 6.66. The highest BCUT2D eigenvalue weighted by atomic mass is 35.5. The predicted octanol–water partition coefficient (Wildman–Crippen LogP) is 4.02. The molecule has 0 spiro atoms. The van der Waals surface area contributed by atoms with Crippen molar-refractivity contribution in [2.75, 3.05) is 6.54 Å². The molecule has 3 nitrogen and oxygen atoms in total. The van der Waals surface area contributed by atoms with Crippen LogP contribution in [0.2, 0.25) is 5.02 Å². The normalized spacial score (nSPS) is 24.5. The van der Waals surface area contributed by atoms with Crippen molar-refractivity contribution in [3.8, 4) is 0 Å². The van der Waals surface area contributed by atoms with Crippen LogP contribution in [0.25, 0.3) is 0 Å². The van der Waals surface area contributed by atoms with E-state index in [2.05, 4.69) is 0 Å². The maximum Gasteiger partial charge on any atom is 0.227 e. The average Bonchev–Trinajstić information content (AvgIpc) is 2.45. The van der Waals surface area contributed by atoms with E-state index in [1.54, 1.807) is 0 Å². The fraction of sp³-hybridized carbons (Fsp3) is 0.588. The van der Waals surface area contributed by atoms with Crippen LogP contribution in [-0.4, -0.2) is 22.9 Å². The molecular weight excluding hydrogens is 319 g/mol. The second-order valence-electron chi connectivity index (χ2n) is 6.25. The third-order valence-corrected chi connectivity index (χ3v) is 4.93. The number of hydrogen-bond donors (Lipinski definition) is 1. The molecule has 0 radical (unpaired) electrons. The Balaban J connectivity index is 0.00000242. The molecule has 2 rings (SSSR count). The zero-order valence-electron chi connectivity index (χ0n) is 13.3. The van der Waals surface area contributed by atoms with E-state index < -0.39 is 0 Å². The van der Waals surface area contributed by atoms with Gasteiger partial charge in [-0.25, -0.2) is 0 Å². The summed E-state index contributed by atoms with van der Waals surface area (Å²) in [6.45, 7) is 5.25. The Morgan fingerprint density at radius 1 is 1.41 bits per heavy atom. The summed E-state index contributed by atoms with van der Waals surface area (Å²) in [6.07, 6.45) is 4.03. The summed E-state index contributed by atoms with van der Waals surface area (Å²) in [4.78, 5) is 14.7. The quantitative estimate of drug-likeness (QED) is 0.896. The van der Waals surface area contributed by atoms with Crippen LogP contribution >= 0.6 is 24.0 Å². The molecule has 1 aliphatic rings. The topological polar surface area (TPSA) is 46.3 Å². The molecule has 1 aromatic rings. The average molecular weight is 345 g/mol. The van der Waals surface area contributed by atoms with Gasteiger partial charge in [-0.2, -0.15) is 0 Å². The van der Waals surface area contributed by atoms with Crippen LogP contribution in [0.15, 0.2) is 24.3 Å². The number of benzene rings is 1. The Morgan fingerprint density at radius 2 is 2.09 bits per heavy atom. The van der Waals surface area contributed by atoms with Crippen LogP contribution in [0.3, 0.4) is 0 Å². The highest BCUT2D eigenvalue weighted by Crippen LogP contribution is 2.33. The van der Waals surface area contributed by atoms with Crippen LogP contribution in [0, 0.1) is 5.92 Å². The molecule has 124 valence electrons. The van der Waals surface area contributed by atoms with E-state index in [9.17, 15) is 4.79 Å². The number of amides is 1. The van der Waals surface area contributed by atoms with E-state index in [0.717, 1.165) is 31.2 Å². The Kier molecular flexibility index (Phi) is 7.17. The van der Waals surface area contributed by atoms with Gasteiger partial charge in [-0.3, -0.25) is 4.79 Å². The van der Waals surface area contributed by atoms with Crippen molar-refractivity contribution in [1.29, 1.82) is 0 Å². The third kappa shape index (κ3) is 4.37. The fourth-order valence-electron chi connectivity index (χ4n) is 3.16. The first-order valence-corrected chi connectivity index (χ1v) is 8.14. The minimum Gasteiger partial charge on any atom is -0.338 e. The standard InChI is InChI=1S/C17H25ClN2O.ClH/c1-3-20(12-13-8-4-5-10-15(13)18)16(21)14-9-6-7-11-17(14,2)19;/h4-5,8,10,14H,3,6-7,9,11-12,19H2,1-2H3;1H. The van der Waals surface area contributed by atoms with Crippen molar-refractivity contribution in [1.82, 2.24) is 4.90 Å². The zero-order valence-corrected chi connectivity index (χ0v) is 14.9. The van der Waals surface area contributed by atoms with Crippen molar-refractivity contribution in [2.24, 2.45) is 11.7 Å². The summed E-state index contributed by atoms with van der Waals surface area (Å²) < 4.78 is 0. The summed E-state index contributed by atoms with van der Waals surface area (Å²) >= 11 is 6.21. The van der Waals surface area contributed by atoms with Gasteiger partial charge in [0.1, 0.15) is 0 Å². The molecule has 0 aromatic heterocycles. The van der Waals surface area contributed by atoms with Crippen molar-refractivity contribution in [3.63, 3.8) is 0 Å². The summed E-state index contributed by atoms with van der Waals surface area (Å²) in [5.74, 6) is 0.0933. The van der Waals surface area contributed by atoms with Gasteiger partial charge in [-0.05, 0) is 38.3 Å². The van der Waals surface area contributed by atoms with E-state index >= 15 is 0 Å². The number of rotatable bonds is 4. The summed E-state index contributed by atoms with van der Waals surface area (Å²) in [5, 5.41) is 0.711. The van der Waals surface area contributed by atoms with Gasteiger partial charge in [0.15, 0.2) is 0 Å². The molecule has 1 fully saturated rings. The Labute approximate surface area is 144 Å². The van der Waals surface area contributed by atoms with Crippen LogP contribution in [0.1, 0.15) is 45.1 Å². The monoisotopic (exact) mass is 344 g/mol. The molecule has 2 N–H and O–H groups in total. The van der Waals surface area contributed by atoms with Gasteiger partial charge in [0.05, 0.1) is 5.92 Å². The van der Waals surface area contributed by atoms with E-state index in [1.807, 2.05) is 43.0 Å². The number of hydrogen-bond acceptors (Lipinski definition) is 2. The van der Waals surface area contributed by atoms with Crippen molar-refractivity contribution in [2.45, 2.75) is 51.6 Å². The molecule has 22 heavy (non-hydrogen) atoms. The second kappa shape index (κ2) is 8.19. The lowest BCUT2D eigenvalue weighted by atomic mass is 9.74. The highest BCUT2D eigenvalue weighted by molar-refractivity contribution is 6.31. The van der Waals surface area contributed by atoms with E-state index in [0.29, 0.717) is 18.1 Å². The first-order valence-electron chi connectivity index (χ1n) is 7.77. The maximum atomic E-state index is 12.9. The van der Waals surface area contributed by atoms with E-state index in [4.69, 9.17) is 17.3 Å². The summed E-state index contributed by atoms with van der Waals surface area (Å²) in [5.41, 5.74) is 6.97. The lowest BCUT2D eigenvalue weighted by Gasteiger charge is -2.39. The SMILES string of the molecule is CCN(Cc1ccccc1Cl)C(=O)C1CCCCC1(C)N.Cl. The molecule has 0 aliphatic heterocycles. The Morgan fingerprint density at radius 3 is 2.68 bits per heavy atom. The number of nitrogens with two attached hydrogens (primary N) is 1. The number of carbonyl (C=O) groups is 1. The molecule has 1 aromatic carbocycles. The molecule has 2 unspecified atom stereocenters. The number of halogens is 2. The van der Waals surface area contributed by atoms with Gasteiger partial charge in [0.25, 0.3) is 0 Å².